The number of urea groups is 1. The molecule has 1 aromatic carbocycles. The Morgan fingerprint density at radius 1 is 1.58 bits per heavy atom. The van der Waals surface area contributed by atoms with Gasteiger partial charge in [0.2, 0.25) is 0 Å². The molecular formula is C12H17FN4O2. The van der Waals surface area contributed by atoms with Crippen LogP contribution < -0.4 is 16.4 Å². The summed E-state index contributed by atoms with van der Waals surface area (Å²) >= 11 is 0. The summed E-state index contributed by atoms with van der Waals surface area (Å²) in [6.45, 7) is 1.86. The van der Waals surface area contributed by atoms with Crippen molar-refractivity contribution in [3.63, 3.8) is 0 Å². The molecule has 0 spiro atoms. The second-order valence-corrected chi connectivity index (χ2v) is 4.01. The maximum Gasteiger partial charge on any atom is 0.319 e. The fraction of sp³-hybridized carbons (Fsp3) is 0.333. The highest BCUT2D eigenvalue weighted by Crippen LogP contribution is 2.09. The van der Waals surface area contributed by atoms with E-state index >= 15 is 0 Å². The molecule has 5 N–H and O–H groups in total. The van der Waals surface area contributed by atoms with E-state index in [9.17, 15) is 9.18 Å². The first-order valence-electron chi connectivity index (χ1n) is 5.84. The molecule has 19 heavy (non-hydrogen) atoms. The summed E-state index contributed by atoms with van der Waals surface area (Å²) in [4.78, 5) is 11.7. The number of hydrogen-bond donors (Lipinski definition) is 4. The van der Waals surface area contributed by atoms with Gasteiger partial charge >= 0.3 is 6.03 Å². The fourth-order valence-electron chi connectivity index (χ4n) is 1.51. The Morgan fingerprint density at radius 2 is 2.32 bits per heavy atom. The molecule has 1 atom stereocenters. The summed E-state index contributed by atoms with van der Waals surface area (Å²) in [6.07, 6.45) is 0.858. The topological polar surface area (TPSA) is 99.7 Å². The van der Waals surface area contributed by atoms with Crippen molar-refractivity contribution < 1.29 is 14.4 Å². The summed E-state index contributed by atoms with van der Waals surface area (Å²) in [5.41, 5.74) is 5.73. The Hall–Kier alpha value is -2.31. The molecule has 2 amide bonds. The lowest BCUT2D eigenvalue weighted by atomic mass is 10.1. The Balaban J connectivity index is 2.54. The molecule has 1 unspecified atom stereocenters. The van der Waals surface area contributed by atoms with Gasteiger partial charge in [-0.1, -0.05) is 18.1 Å². The number of anilines is 1. The molecule has 0 aliphatic rings. The SMILES string of the molecule is CCC(CC(N)=NO)NC(=O)Nc1cccc(F)c1. The molecule has 104 valence electrons. The van der Waals surface area contributed by atoms with E-state index in [2.05, 4.69) is 15.8 Å². The number of nitrogens with zero attached hydrogens (tertiary/aromatic N) is 1. The number of amidine groups is 1. The molecule has 1 aromatic rings. The normalized spacial score (nSPS) is 12.8. The third-order valence-electron chi connectivity index (χ3n) is 2.49. The van der Waals surface area contributed by atoms with E-state index in [0.29, 0.717) is 12.1 Å². The smallest absolute Gasteiger partial charge is 0.319 e. The van der Waals surface area contributed by atoms with Crippen LogP contribution in [0.3, 0.4) is 0 Å². The number of carbonyl (C=O) groups is 1. The molecule has 0 bridgehead atoms. The van der Waals surface area contributed by atoms with E-state index in [-0.39, 0.29) is 18.3 Å². The van der Waals surface area contributed by atoms with Crippen LogP contribution in [0.5, 0.6) is 0 Å². The monoisotopic (exact) mass is 268 g/mol. The molecule has 0 heterocycles. The van der Waals surface area contributed by atoms with E-state index in [1.54, 1.807) is 6.07 Å². The van der Waals surface area contributed by atoms with Gasteiger partial charge < -0.3 is 21.6 Å². The molecule has 0 aliphatic carbocycles. The molecule has 1 rings (SSSR count). The van der Waals surface area contributed by atoms with Gasteiger partial charge in [-0.2, -0.15) is 0 Å². The largest absolute Gasteiger partial charge is 0.409 e. The minimum Gasteiger partial charge on any atom is -0.409 e. The van der Waals surface area contributed by atoms with Crippen LogP contribution in [0, 0.1) is 5.82 Å². The van der Waals surface area contributed by atoms with Crippen LogP contribution in [-0.2, 0) is 0 Å². The molecule has 6 nitrogen and oxygen atoms in total. The van der Waals surface area contributed by atoms with Crippen LogP contribution in [0.15, 0.2) is 29.4 Å². The Bertz CT molecular complexity index is 465. The van der Waals surface area contributed by atoms with Crippen LogP contribution in [-0.4, -0.2) is 23.1 Å². The van der Waals surface area contributed by atoms with Crippen molar-refractivity contribution in [1.29, 1.82) is 0 Å². The van der Waals surface area contributed by atoms with Gasteiger partial charge in [0.05, 0.1) is 0 Å². The highest BCUT2D eigenvalue weighted by atomic mass is 19.1. The van der Waals surface area contributed by atoms with E-state index in [1.165, 1.54) is 18.2 Å². The summed E-state index contributed by atoms with van der Waals surface area (Å²) in [7, 11) is 0. The number of amides is 2. The minimum absolute atomic E-state index is 0.0397. The van der Waals surface area contributed by atoms with Crippen LogP contribution in [0.2, 0.25) is 0 Å². The summed E-state index contributed by atoms with van der Waals surface area (Å²) in [6, 6.07) is 4.85. The first-order valence-corrected chi connectivity index (χ1v) is 5.84. The van der Waals surface area contributed by atoms with Crippen LogP contribution in [0.25, 0.3) is 0 Å². The highest BCUT2D eigenvalue weighted by Gasteiger charge is 2.12. The highest BCUT2D eigenvalue weighted by molar-refractivity contribution is 5.90. The van der Waals surface area contributed by atoms with Gasteiger partial charge in [-0.25, -0.2) is 9.18 Å². The zero-order valence-electron chi connectivity index (χ0n) is 10.6. The number of rotatable bonds is 5. The quantitative estimate of drug-likeness (QED) is 0.284. The van der Waals surface area contributed by atoms with Crippen molar-refractivity contribution in [1.82, 2.24) is 5.32 Å². The van der Waals surface area contributed by atoms with Gasteiger partial charge in [0.15, 0.2) is 0 Å². The van der Waals surface area contributed by atoms with E-state index in [4.69, 9.17) is 10.9 Å². The average Bonchev–Trinajstić information content (AvgIpc) is 2.37. The number of nitrogens with one attached hydrogen (secondary N) is 2. The third kappa shape index (κ3) is 5.24. The van der Waals surface area contributed by atoms with Crippen molar-refractivity contribution >= 4 is 17.6 Å². The average molecular weight is 268 g/mol. The van der Waals surface area contributed by atoms with Crippen LogP contribution in [0.4, 0.5) is 14.9 Å². The number of oxime groups is 1. The van der Waals surface area contributed by atoms with Crippen molar-refractivity contribution in [2.24, 2.45) is 10.9 Å². The van der Waals surface area contributed by atoms with Crippen molar-refractivity contribution in [3.05, 3.63) is 30.1 Å². The Morgan fingerprint density at radius 3 is 2.89 bits per heavy atom. The zero-order valence-corrected chi connectivity index (χ0v) is 10.6. The fourth-order valence-corrected chi connectivity index (χ4v) is 1.51. The van der Waals surface area contributed by atoms with Gasteiger partial charge in [0.25, 0.3) is 0 Å². The van der Waals surface area contributed by atoms with E-state index in [1.807, 2.05) is 6.92 Å². The predicted molar refractivity (Wildman–Crippen MR) is 70.7 cm³/mol. The second kappa shape index (κ2) is 7.20. The summed E-state index contributed by atoms with van der Waals surface area (Å²) < 4.78 is 12.9. The van der Waals surface area contributed by atoms with E-state index < -0.39 is 11.8 Å². The number of halogens is 1. The van der Waals surface area contributed by atoms with Crippen molar-refractivity contribution in [3.8, 4) is 0 Å². The molecule has 7 heteroatoms. The number of benzene rings is 1. The zero-order chi connectivity index (χ0) is 14.3. The summed E-state index contributed by atoms with van der Waals surface area (Å²) in [5, 5.41) is 16.5. The van der Waals surface area contributed by atoms with Crippen LogP contribution >= 0.6 is 0 Å². The lowest BCUT2D eigenvalue weighted by Gasteiger charge is -2.16. The molecule has 0 radical (unpaired) electrons. The van der Waals surface area contributed by atoms with Crippen molar-refractivity contribution in [2.45, 2.75) is 25.8 Å². The first-order chi connectivity index (χ1) is 9.05. The molecule has 0 saturated carbocycles. The van der Waals surface area contributed by atoms with Crippen LogP contribution in [0.1, 0.15) is 19.8 Å². The van der Waals surface area contributed by atoms with Gasteiger partial charge in [0.1, 0.15) is 11.7 Å². The van der Waals surface area contributed by atoms with Gasteiger partial charge in [0, 0.05) is 18.2 Å². The molecular weight excluding hydrogens is 251 g/mol. The number of nitrogens with two attached hydrogens (primary N) is 1. The maximum atomic E-state index is 12.9. The standard InChI is InChI=1S/C12H17FN4O2/c1-2-9(7-11(14)17-19)15-12(18)16-10-5-3-4-8(13)6-10/h3-6,9,19H,2,7H2,1H3,(H2,14,17)(H2,15,16,18). The number of carbonyl (C=O) groups excluding carboxylic acids is 1. The number of hydrogen-bond acceptors (Lipinski definition) is 3. The third-order valence-corrected chi connectivity index (χ3v) is 2.49. The van der Waals surface area contributed by atoms with Gasteiger partial charge in [-0.05, 0) is 24.6 Å². The van der Waals surface area contributed by atoms with Gasteiger partial charge in [-0.15, -0.1) is 0 Å². The molecule has 0 fully saturated rings. The van der Waals surface area contributed by atoms with Crippen molar-refractivity contribution in [2.75, 3.05) is 5.32 Å². The molecule has 0 aliphatic heterocycles. The second-order valence-electron chi connectivity index (χ2n) is 4.01. The van der Waals surface area contributed by atoms with Gasteiger partial charge in [-0.3, -0.25) is 0 Å². The first kappa shape index (κ1) is 14.7. The minimum atomic E-state index is -0.469. The summed E-state index contributed by atoms with van der Waals surface area (Å²) in [5.74, 6) is -0.389. The lowest BCUT2D eigenvalue weighted by molar-refractivity contribution is 0.248. The van der Waals surface area contributed by atoms with E-state index in [0.717, 1.165) is 0 Å². The Kier molecular flexibility index (Phi) is 5.59. The Labute approximate surface area is 110 Å². The molecule has 0 saturated heterocycles. The molecule has 0 aromatic heterocycles. The maximum absolute atomic E-state index is 12.9. The predicted octanol–water partition coefficient (Wildman–Crippen LogP) is 1.86. The lowest BCUT2D eigenvalue weighted by Crippen LogP contribution is -2.40.